The second-order valence-corrected chi connectivity index (χ2v) is 2.80. The van der Waals surface area contributed by atoms with Crippen LogP contribution in [0.3, 0.4) is 0 Å². The Morgan fingerprint density at radius 3 is 2.60 bits per heavy atom. The number of hydrogen-bond donors (Lipinski definition) is 1. The lowest BCUT2D eigenvalue weighted by atomic mass is 10.0. The van der Waals surface area contributed by atoms with E-state index in [1.807, 2.05) is 6.20 Å². The summed E-state index contributed by atoms with van der Waals surface area (Å²) in [7, 11) is 0. The van der Waals surface area contributed by atoms with E-state index in [1.165, 1.54) is 5.57 Å². The van der Waals surface area contributed by atoms with Crippen molar-refractivity contribution in [2.24, 2.45) is 5.92 Å². The van der Waals surface area contributed by atoms with E-state index in [0.29, 0.717) is 5.92 Å². The quantitative estimate of drug-likeness (QED) is 0.581. The molecule has 0 fully saturated rings. The first kappa shape index (κ1) is 7.13. The maximum Gasteiger partial charge on any atom is 0.0309 e. The third-order valence-electron chi connectivity index (χ3n) is 1.55. The Bertz CT molecular complexity index is 197. The monoisotopic (exact) mass is 135 g/mol. The molecule has 0 bridgehead atoms. The van der Waals surface area contributed by atoms with Crippen molar-refractivity contribution in [1.29, 1.82) is 0 Å². The molecule has 0 saturated heterocycles. The lowest BCUT2D eigenvalue weighted by Gasteiger charge is -2.12. The highest BCUT2D eigenvalue weighted by molar-refractivity contribution is 5.33. The Morgan fingerprint density at radius 2 is 2.20 bits per heavy atom. The largest absolute Gasteiger partial charge is 0.362 e. The van der Waals surface area contributed by atoms with Crippen molar-refractivity contribution in [3.63, 3.8) is 0 Å². The molecule has 0 aromatic rings. The first-order valence-corrected chi connectivity index (χ1v) is 3.53. The van der Waals surface area contributed by atoms with Gasteiger partial charge in [0.25, 0.3) is 0 Å². The number of dihydropyridines is 1. The molecule has 1 N–H and O–H groups in total. The van der Waals surface area contributed by atoms with E-state index < -0.39 is 0 Å². The van der Waals surface area contributed by atoms with Crippen LogP contribution in [0.1, 0.15) is 13.8 Å². The van der Waals surface area contributed by atoms with Gasteiger partial charge < -0.3 is 5.32 Å². The molecule has 0 aliphatic carbocycles. The molecule has 10 heavy (non-hydrogen) atoms. The van der Waals surface area contributed by atoms with Crippen LogP contribution in [0, 0.1) is 5.92 Å². The highest BCUT2D eigenvalue weighted by atomic mass is 14.8. The summed E-state index contributed by atoms with van der Waals surface area (Å²) in [6.07, 6.45) is 6.08. The highest BCUT2D eigenvalue weighted by Crippen LogP contribution is 2.14. The molecule has 0 amide bonds. The Hall–Kier alpha value is -0.980. The van der Waals surface area contributed by atoms with Crippen molar-refractivity contribution >= 4 is 0 Å². The Balaban J connectivity index is 2.76. The van der Waals surface area contributed by atoms with Gasteiger partial charge in [0.2, 0.25) is 0 Å². The zero-order valence-electron chi connectivity index (χ0n) is 6.52. The highest BCUT2D eigenvalue weighted by Gasteiger charge is 2.02. The van der Waals surface area contributed by atoms with Crippen LogP contribution in [0.2, 0.25) is 0 Å². The van der Waals surface area contributed by atoms with E-state index in [0.717, 1.165) is 5.70 Å². The van der Waals surface area contributed by atoms with Gasteiger partial charge in [0.1, 0.15) is 0 Å². The summed E-state index contributed by atoms with van der Waals surface area (Å²) in [5.74, 6) is 0.593. The van der Waals surface area contributed by atoms with E-state index in [-0.39, 0.29) is 0 Å². The van der Waals surface area contributed by atoms with Gasteiger partial charge in [-0.25, -0.2) is 0 Å². The zero-order chi connectivity index (χ0) is 7.56. The van der Waals surface area contributed by atoms with Gasteiger partial charge in [-0.05, 0) is 23.6 Å². The fourth-order valence-electron chi connectivity index (χ4n) is 0.895. The molecule has 0 aromatic carbocycles. The lowest BCUT2D eigenvalue weighted by Crippen LogP contribution is -2.07. The lowest BCUT2D eigenvalue weighted by molar-refractivity contribution is 0.782. The van der Waals surface area contributed by atoms with E-state index in [9.17, 15) is 0 Å². The fraction of sp³-hybridized carbons (Fsp3) is 0.333. The fourth-order valence-corrected chi connectivity index (χ4v) is 0.895. The van der Waals surface area contributed by atoms with E-state index in [4.69, 9.17) is 0 Å². The molecule has 1 heteroatoms. The molecule has 1 rings (SSSR count). The van der Waals surface area contributed by atoms with Crippen molar-refractivity contribution in [2.45, 2.75) is 13.8 Å². The molecular formula is C9H13N. The molecule has 1 aliphatic rings. The topological polar surface area (TPSA) is 12.0 Å². The minimum atomic E-state index is 0.593. The summed E-state index contributed by atoms with van der Waals surface area (Å²) >= 11 is 0. The van der Waals surface area contributed by atoms with Crippen LogP contribution < -0.4 is 5.32 Å². The van der Waals surface area contributed by atoms with E-state index >= 15 is 0 Å². The first-order valence-electron chi connectivity index (χ1n) is 3.53. The standard InChI is InChI=1S/C9H13N/c1-7(2)9-4-5-10-8(3)6-9/h4-7,10H,3H2,1-2H3. The van der Waals surface area contributed by atoms with Crippen LogP contribution >= 0.6 is 0 Å². The van der Waals surface area contributed by atoms with Crippen molar-refractivity contribution in [3.05, 3.63) is 36.2 Å². The molecule has 0 spiro atoms. The van der Waals surface area contributed by atoms with Gasteiger partial charge in [-0.3, -0.25) is 0 Å². The third-order valence-corrected chi connectivity index (χ3v) is 1.55. The van der Waals surface area contributed by atoms with Gasteiger partial charge in [0.15, 0.2) is 0 Å². The third kappa shape index (κ3) is 1.50. The maximum absolute atomic E-state index is 3.81. The van der Waals surface area contributed by atoms with Crippen molar-refractivity contribution in [3.8, 4) is 0 Å². The van der Waals surface area contributed by atoms with E-state index in [2.05, 4.69) is 37.9 Å². The van der Waals surface area contributed by atoms with Crippen LogP contribution in [-0.4, -0.2) is 0 Å². The molecule has 1 aliphatic heterocycles. The van der Waals surface area contributed by atoms with Crippen LogP contribution in [0.25, 0.3) is 0 Å². The average Bonchev–Trinajstić information content (AvgIpc) is 1.88. The zero-order valence-corrected chi connectivity index (χ0v) is 6.52. The van der Waals surface area contributed by atoms with Gasteiger partial charge in [0, 0.05) is 11.9 Å². The maximum atomic E-state index is 3.81. The average molecular weight is 135 g/mol. The molecule has 1 heterocycles. The Labute approximate surface area is 62.1 Å². The molecule has 1 nitrogen and oxygen atoms in total. The molecule has 0 aromatic heterocycles. The summed E-state index contributed by atoms with van der Waals surface area (Å²) in [6, 6.07) is 0. The van der Waals surface area contributed by atoms with Crippen LogP contribution in [0.5, 0.6) is 0 Å². The van der Waals surface area contributed by atoms with Crippen molar-refractivity contribution in [2.75, 3.05) is 0 Å². The minimum absolute atomic E-state index is 0.593. The predicted octanol–water partition coefficient (Wildman–Crippen LogP) is 2.20. The van der Waals surface area contributed by atoms with Crippen LogP contribution in [-0.2, 0) is 0 Å². The Morgan fingerprint density at radius 1 is 1.50 bits per heavy atom. The molecule has 54 valence electrons. The molecule has 0 unspecified atom stereocenters. The number of allylic oxidation sites excluding steroid dienone is 3. The van der Waals surface area contributed by atoms with Gasteiger partial charge in [-0.2, -0.15) is 0 Å². The Kier molecular flexibility index (Phi) is 1.95. The molecule has 0 saturated carbocycles. The SMILES string of the molecule is C=C1C=C(C(C)C)C=CN1. The summed E-state index contributed by atoms with van der Waals surface area (Å²) in [5.41, 5.74) is 2.31. The van der Waals surface area contributed by atoms with Crippen LogP contribution in [0.4, 0.5) is 0 Å². The minimum Gasteiger partial charge on any atom is -0.362 e. The van der Waals surface area contributed by atoms with Gasteiger partial charge in [-0.15, -0.1) is 0 Å². The first-order chi connectivity index (χ1) is 4.70. The second-order valence-electron chi connectivity index (χ2n) is 2.80. The predicted molar refractivity (Wildman–Crippen MR) is 44.3 cm³/mol. The summed E-state index contributed by atoms with van der Waals surface area (Å²) in [5, 5.41) is 3.02. The molecular weight excluding hydrogens is 122 g/mol. The van der Waals surface area contributed by atoms with E-state index in [1.54, 1.807) is 0 Å². The summed E-state index contributed by atoms with van der Waals surface area (Å²) in [4.78, 5) is 0. The number of hydrogen-bond acceptors (Lipinski definition) is 1. The number of rotatable bonds is 1. The summed E-state index contributed by atoms with van der Waals surface area (Å²) < 4.78 is 0. The van der Waals surface area contributed by atoms with Gasteiger partial charge in [-0.1, -0.05) is 20.4 Å². The van der Waals surface area contributed by atoms with Crippen LogP contribution in [0.15, 0.2) is 36.2 Å². The second kappa shape index (κ2) is 2.74. The van der Waals surface area contributed by atoms with Crippen molar-refractivity contribution < 1.29 is 0 Å². The smallest absolute Gasteiger partial charge is 0.0309 e. The molecule has 0 atom stereocenters. The van der Waals surface area contributed by atoms with Gasteiger partial charge >= 0.3 is 0 Å². The van der Waals surface area contributed by atoms with Gasteiger partial charge in [0.05, 0.1) is 0 Å². The summed E-state index contributed by atoms with van der Waals surface area (Å²) in [6.45, 7) is 8.16. The van der Waals surface area contributed by atoms with Crippen molar-refractivity contribution in [1.82, 2.24) is 5.32 Å². The number of nitrogens with one attached hydrogen (secondary N) is 1. The molecule has 0 radical (unpaired) electrons. The normalized spacial score (nSPS) is 17.1.